The summed E-state index contributed by atoms with van der Waals surface area (Å²) in [4.78, 5) is 28.9. The number of likely N-dealkylation sites (N-methyl/N-ethyl adjacent to an activating group) is 1. The molecule has 0 spiro atoms. The maximum absolute atomic E-state index is 13.4. The molecule has 1 saturated heterocycles. The lowest BCUT2D eigenvalue weighted by atomic mass is 10.0. The minimum absolute atomic E-state index is 0.0985. The van der Waals surface area contributed by atoms with Crippen LogP contribution >= 0.6 is 0 Å². The third kappa shape index (κ3) is 4.73. The van der Waals surface area contributed by atoms with Crippen molar-refractivity contribution in [1.29, 1.82) is 0 Å². The molecule has 31 heavy (non-hydrogen) atoms. The number of hydrogen-bond acceptors (Lipinski definition) is 5. The summed E-state index contributed by atoms with van der Waals surface area (Å²) in [7, 11) is 1.81. The van der Waals surface area contributed by atoms with Crippen LogP contribution in [0.3, 0.4) is 0 Å². The summed E-state index contributed by atoms with van der Waals surface area (Å²) in [6.07, 6.45) is 0.282. The van der Waals surface area contributed by atoms with E-state index in [2.05, 4.69) is 10.2 Å². The van der Waals surface area contributed by atoms with Crippen LogP contribution in [0.25, 0.3) is 0 Å². The molecule has 7 nitrogen and oxygen atoms in total. The minimum Gasteiger partial charge on any atom is -0.478 e. The van der Waals surface area contributed by atoms with Crippen molar-refractivity contribution in [2.45, 2.75) is 38.0 Å². The van der Waals surface area contributed by atoms with Gasteiger partial charge in [0.2, 0.25) is 5.91 Å². The maximum atomic E-state index is 13.4. The predicted molar refractivity (Wildman–Crippen MR) is 118 cm³/mol. The van der Waals surface area contributed by atoms with Gasteiger partial charge in [0.1, 0.15) is 5.75 Å². The molecule has 2 aliphatic heterocycles. The number of aliphatic hydroxyl groups is 1. The van der Waals surface area contributed by atoms with E-state index in [1.165, 1.54) is 6.92 Å². The number of ether oxygens (including phenoxy) is 1. The number of hydrogen-bond donors (Lipinski definition) is 2. The predicted octanol–water partition coefficient (Wildman–Crippen LogP) is 2.21. The van der Waals surface area contributed by atoms with E-state index in [0.717, 1.165) is 24.1 Å². The molecule has 0 aliphatic carbocycles. The highest BCUT2D eigenvalue weighted by Crippen LogP contribution is 2.37. The van der Waals surface area contributed by atoms with Gasteiger partial charge >= 0.3 is 0 Å². The molecule has 2 aromatic rings. The molecule has 2 N–H and O–H groups in total. The molecule has 2 aliphatic rings. The van der Waals surface area contributed by atoms with Gasteiger partial charge in [-0.05, 0) is 18.1 Å². The molecule has 2 aromatic carbocycles. The van der Waals surface area contributed by atoms with Crippen molar-refractivity contribution < 1.29 is 19.4 Å². The van der Waals surface area contributed by atoms with E-state index < -0.39 is 6.10 Å². The molecule has 0 radical (unpaired) electrons. The fraction of sp³-hybridized carbons (Fsp3) is 0.417. The van der Waals surface area contributed by atoms with Crippen molar-refractivity contribution in [3.8, 4) is 5.75 Å². The minimum atomic E-state index is -0.634. The number of rotatable bonds is 6. The zero-order valence-corrected chi connectivity index (χ0v) is 18.0. The Balaban J connectivity index is 1.52. The largest absolute Gasteiger partial charge is 0.478 e. The molecule has 164 valence electrons. The van der Waals surface area contributed by atoms with Crippen LogP contribution in [0.5, 0.6) is 5.75 Å². The number of benzene rings is 2. The van der Waals surface area contributed by atoms with Crippen molar-refractivity contribution >= 4 is 17.5 Å². The van der Waals surface area contributed by atoms with Crippen LogP contribution < -0.4 is 10.1 Å². The number of amides is 2. The number of carbonyl (C=O) groups excluding carboxylic acids is 2. The summed E-state index contributed by atoms with van der Waals surface area (Å²) in [5.74, 6) is 0.294. The van der Waals surface area contributed by atoms with Gasteiger partial charge < -0.3 is 20.1 Å². The zero-order valence-electron chi connectivity index (χ0n) is 18.0. The van der Waals surface area contributed by atoms with Crippen molar-refractivity contribution in [3.63, 3.8) is 0 Å². The molecule has 3 atom stereocenters. The number of fused-ring (bicyclic) bond motifs is 1. The van der Waals surface area contributed by atoms with Gasteiger partial charge in [-0.1, -0.05) is 42.5 Å². The summed E-state index contributed by atoms with van der Waals surface area (Å²) >= 11 is 0. The summed E-state index contributed by atoms with van der Waals surface area (Å²) < 4.78 is 6.04. The van der Waals surface area contributed by atoms with Crippen molar-refractivity contribution in [1.82, 2.24) is 9.80 Å². The molecule has 0 saturated carbocycles. The van der Waals surface area contributed by atoms with Gasteiger partial charge in [-0.3, -0.25) is 14.5 Å². The van der Waals surface area contributed by atoms with Gasteiger partial charge in [-0.25, -0.2) is 0 Å². The second kappa shape index (κ2) is 9.08. The Morgan fingerprint density at radius 3 is 2.68 bits per heavy atom. The van der Waals surface area contributed by atoms with Crippen LogP contribution in [-0.2, 0) is 16.0 Å². The number of β-amino-alcohol motifs (C(OH)–C–C–N with tert-alkyl or cyclic N) is 1. The van der Waals surface area contributed by atoms with E-state index in [9.17, 15) is 14.7 Å². The van der Waals surface area contributed by atoms with Crippen LogP contribution in [-0.4, -0.2) is 65.6 Å². The first-order valence-electron chi connectivity index (χ1n) is 10.7. The number of aliphatic hydroxyl groups excluding tert-OH is 1. The Bertz CT molecular complexity index is 949. The normalized spacial score (nSPS) is 21.3. The van der Waals surface area contributed by atoms with Crippen LogP contribution in [0.15, 0.2) is 48.5 Å². The first-order valence-corrected chi connectivity index (χ1v) is 10.7. The average molecular weight is 424 g/mol. The number of nitrogens with one attached hydrogen (secondary N) is 1. The van der Waals surface area contributed by atoms with Crippen LogP contribution in [0.4, 0.5) is 5.69 Å². The Morgan fingerprint density at radius 2 is 2.00 bits per heavy atom. The van der Waals surface area contributed by atoms with Crippen LogP contribution in [0.2, 0.25) is 0 Å². The molecular weight excluding hydrogens is 394 g/mol. The zero-order chi connectivity index (χ0) is 22.0. The van der Waals surface area contributed by atoms with E-state index in [-0.39, 0.29) is 24.0 Å². The number of anilines is 1. The van der Waals surface area contributed by atoms with Gasteiger partial charge in [0, 0.05) is 45.6 Å². The van der Waals surface area contributed by atoms with Gasteiger partial charge in [0.15, 0.2) is 6.10 Å². The van der Waals surface area contributed by atoms with Crippen LogP contribution in [0.1, 0.15) is 30.5 Å². The second-order valence-electron chi connectivity index (χ2n) is 8.36. The van der Waals surface area contributed by atoms with Gasteiger partial charge in [0.25, 0.3) is 5.91 Å². The molecule has 0 aromatic heterocycles. The van der Waals surface area contributed by atoms with E-state index >= 15 is 0 Å². The summed E-state index contributed by atoms with van der Waals surface area (Å²) in [6, 6.07) is 15.4. The molecule has 2 amide bonds. The molecule has 2 heterocycles. The van der Waals surface area contributed by atoms with Crippen molar-refractivity contribution in [2.75, 3.05) is 32.0 Å². The van der Waals surface area contributed by atoms with Crippen LogP contribution in [0, 0.1) is 0 Å². The van der Waals surface area contributed by atoms with E-state index in [0.29, 0.717) is 30.9 Å². The monoisotopic (exact) mass is 423 g/mol. The molecule has 3 unspecified atom stereocenters. The average Bonchev–Trinajstić information content (AvgIpc) is 3.38. The first-order chi connectivity index (χ1) is 14.9. The quantitative estimate of drug-likeness (QED) is 0.745. The summed E-state index contributed by atoms with van der Waals surface area (Å²) in [5.41, 5.74) is 2.56. The SMILES string of the molecule is CC(=O)Nc1cccc2c1OC(C(=O)N(C)C(CN1CCC(O)C1)c1ccccc1)C2. The Morgan fingerprint density at radius 1 is 1.23 bits per heavy atom. The first kappa shape index (κ1) is 21.3. The number of nitrogens with zero attached hydrogens (tertiary/aromatic N) is 2. The molecular formula is C24H29N3O4. The Labute approximate surface area is 182 Å². The topological polar surface area (TPSA) is 82.1 Å². The third-order valence-corrected chi connectivity index (χ3v) is 6.03. The highest BCUT2D eigenvalue weighted by atomic mass is 16.5. The molecule has 0 bridgehead atoms. The lowest BCUT2D eigenvalue weighted by molar-refractivity contribution is -0.139. The van der Waals surface area contributed by atoms with Gasteiger partial charge in [-0.15, -0.1) is 0 Å². The molecule has 1 fully saturated rings. The van der Waals surface area contributed by atoms with Crippen molar-refractivity contribution in [3.05, 3.63) is 59.7 Å². The number of likely N-dealkylation sites (tertiary alicyclic amines) is 1. The highest BCUT2D eigenvalue weighted by Gasteiger charge is 2.36. The van der Waals surface area contributed by atoms with E-state index in [1.807, 2.05) is 49.5 Å². The lowest BCUT2D eigenvalue weighted by Gasteiger charge is -2.33. The standard InChI is InChI=1S/C24H29N3O4/c1-16(28)25-20-10-6-9-18-13-22(31-23(18)20)24(30)26(2)21(17-7-4-3-5-8-17)15-27-12-11-19(29)14-27/h3-10,19,21-22,29H,11-15H2,1-2H3,(H,25,28). The number of para-hydroxylation sites is 1. The molecule has 7 heteroatoms. The van der Waals surface area contributed by atoms with E-state index in [1.54, 1.807) is 11.0 Å². The Kier molecular flexibility index (Phi) is 6.25. The van der Waals surface area contributed by atoms with Gasteiger partial charge in [-0.2, -0.15) is 0 Å². The number of carbonyl (C=O) groups is 2. The van der Waals surface area contributed by atoms with E-state index in [4.69, 9.17) is 4.74 Å². The van der Waals surface area contributed by atoms with Crippen molar-refractivity contribution in [2.24, 2.45) is 0 Å². The molecule has 4 rings (SSSR count). The Hall–Kier alpha value is -2.90. The smallest absolute Gasteiger partial charge is 0.264 e. The lowest BCUT2D eigenvalue weighted by Crippen LogP contribution is -2.44. The fourth-order valence-corrected chi connectivity index (χ4v) is 4.42. The maximum Gasteiger partial charge on any atom is 0.264 e. The third-order valence-electron chi connectivity index (χ3n) is 6.03. The fourth-order valence-electron chi connectivity index (χ4n) is 4.42. The summed E-state index contributed by atoms with van der Waals surface area (Å²) in [6.45, 7) is 3.54. The summed E-state index contributed by atoms with van der Waals surface area (Å²) in [5, 5.41) is 12.7. The van der Waals surface area contributed by atoms with Gasteiger partial charge in [0.05, 0.1) is 17.8 Å². The highest BCUT2D eigenvalue weighted by molar-refractivity contribution is 5.91. The second-order valence-corrected chi connectivity index (χ2v) is 8.36.